The average Bonchev–Trinajstić information content (AvgIpc) is 2.53. The first kappa shape index (κ1) is 17.0. The molecule has 4 heteroatoms. The summed E-state index contributed by atoms with van der Waals surface area (Å²) in [6, 6.07) is 9.63. The Balaban J connectivity index is 3.17. The highest BCUT2D eigenvalue weighted by Gasteiger charge is 2.39. The number of carbonyl (C=O) groups excluding carboxylic acids is 1. The normalized spacial score (nSPS) is 10.8. The fraction of sp³-hybridized carbons (Fsp3) is 0.529. The van der Waals surface area contributed by atoms with E-state index in [1.807, 2.05) is 38.1 Å². The predicted octanol–water partition coefficient (Wildman–Crippen LogP) is 3.77. The topological polar surface area (TPSA) is 53.3 Å². The maximum absolute atomic E-state index is 12.9. The van der Waals surface area contributed by atoms with Crippen LogP contribution in [0.1, 0.15) is 39.5 Å². The van der Waals surface area contributed by atoms with Gasteiger partial charge in [-0.25, -0.2) is 0 Å². The fourth-order valence-corrected chi connectivity index (χ4v) is 2.69. The van der Waals surface area contributed by atoms with Gasteiger partial charge in [-0.1, -0.05) is 38.8 Å². The first-order valence-corrected chi connectivity index (χ1v) is 7.38. The number of anilines is 1. The summed E-state index contributed by atoms with van der Waals surface area (Å²) >= 11 is 0. The van der Waals surface area contributed by atoms with Crippen molar-refractivity contribution in [2.24, 2.45) is 5.41 Å². The van der Waals surface area contributed by atoms with Gasteiger partial charge < -0.3 is 9.64 Å². The van der Waals surface area contributed by atoms with Crippen LogP contribution in [0.3, 0.4) is 0 Å². The molecule has 21 heavy (non-hydrogen) atoms. The van der Waals surface area contributed by atoms with Gasteiger partial charge in [-0.2, -0.15) is 5.26 Å². The molecule has 1 rings (SSSR count). The minimum atomic E-state index is -0.945. The minimum absolute atomic E-state index is 0.154. The van der Waals surface area contributed by atoms with E-state index in [1.54, 1.807) is 19.1 Å². The molecule has 0 bridgehead atoms. The second-order valence-corrected chi connectivity index (χ2v) is 5.23. The van der Waals surface area contributed by atoms with Crippen molar-refractivity contribution < 1.29 is 9.53 Å². The average molecular weight is 288 g/mol. The third-order valence-electron chi connectivity index (χ3n) is 3.73. The van der Waals surface area contributed by atoms with Crippen LogP contribution in [0.2, 0.25) is 0 Å². The molecule has 4 nitrogen and oxygen atoms in total. The highest BCUT2D eigenvalue weighted by Crippen LogP contribution is 2.35. The van der Waals surface area contributed by atoms with Crippen LogP contribution in [0.5, 0.6) is 5.75 Å². The van der Waals surface area contributed by atoms with Crippen molar-refractivity contribution in [1.29, 1.82) is 5.26 Å². The first-order valence-electron chi connectivity index (χ1n) is 7.38. The van der Waals surface area contributed by atoms with Crippen molar-refractivity contribution in [3.05, 3.63) is 24.3 Å². The smallest absolute Gasteiger partial charge is 0.247 e. The van der Waals surface area contributed by atoms with Crippen LogP contribution >= 0.6 is 0 Å². The number of methoxy groups -OCH3 is 1. The molecule has 0 aliphatic carbocycles. The van der Waals surface area contributed by atoms with Gasteiger partial charge in [0, 0.05) is 7.05 Å². The monoisotopic (exact) mass is 288 g/mol. The lowest BCUT2D eigenvalue weighted by atomic mass is 9.79. The summed E-state index contributed by atoms with van der Waals surface area (Å²) in [6.45, 7) is 4.00. The van der Waals surface area contributed by atoms with Crippen molar-refractivity contribution in [2.75, 3.05) is 19.1 Å². The van der Waals surface area contributed by atoms with Crippen molar-refractivity contribution in [3.8, 4) is 11.8 Å². The number of carbonyl (C=O) groups is 1. The van der Waals surface area contributed by atoms with Gasteiger partial charge in [0.2, 0.25) is 5.91 Å². The number of hydrogen-bond donors (Lipinski definition) is 0. The van der Waals surface area contributed by atoms with E-state index in [1.165, 1.54) is 0 Å². The molecule has 0 aliphatic rings. The van der Waals surface area contributed by atoms with E-state index in [2.05, 4.69) is 6.07 Å². The van der Waals surface area contributed by atoms with E-state index in [4.69, 9.17) is 4.74 Å². The van der Waals surface area contributed by atoms with Gasteiger partial charge in [-0.3, -0.25) is 4.79 Å². The highest BCUT2D eigenvalue weighted by atomic mass is 16.5. The van der Waals surface area contributed by atoms with E-state index in [0.717, 1.165) is 12.8 Å². The standard InChI is InChI=1S/C17H24N2O2/c1-5-11-17(13-18,12-6-2)16(20)19(3)14-9-7-8-10-15(14)21-4/h7-10H,5-6,11-12H2,1-4H3. The summed E-state index contributed by atoms with van der Waals surface area (Å²) in [6.07, 6.45) is 2.77. The van der Waals surface area contributed by atoms with Crippen LogP contribution in [0.15, 0.2) is 24.3 Å². The zero-order valence-corrected chi connectivity index (χ0v) is 13.3. The first-order chi connectivity index (χ1) is 10.1. The van der Waals surface area contributed by atoms with Gasteiger partial charge in [0.05, 0.1) is 18.9 Å². The molecule has 0 saturated carbocycles. The number of rotatable bonds is 7. The van der Waals surface area contributed by atoms with Crippen LogP contribution in [-0.2, 0) is 4.79 Å². The van der Waals surface area contributed by atoms with Gasteiger partial charge in [0.1, 0.15) is 11.2 Å². The van der Waals surface area contributed by atoms with Crippen molar-refractivity contribution >= 4 is 11.6 Å². The Labute approximate surface area is 127 Å². The molecule has 0 aromatic heterocycles. The van der Waals surface area contributed by atoms with Crippen LogP contribution in [0.25, 0.3) is 0 Å². The van der Waals surface area contributed by atoms with E-state index in [-0.39, 0.29) is 5.91 Å². The Bertz CT molecular complexity index is 514. The molecule has 1 aromatic rings. The molecule has 1 amide bonds. The fourth-order valence-electron chi connectivity index (χ4n) is 2.69. The van der Waals surface area contributed by atoms with Crippen LogP contribution in [-0.4, -0.2) is 20.1 Å². The quantitative estimate of drug-likeness (QED) is 0.767. The molecule has 0 fully saturated rings. The van der Waals surface area contributed by atoms with E-state index >= 15 is 0 Å². The Kier molecular flexibility index (Phi) is 6.23. The molecule has 0 aliphatic heterocycles. The number of para-hydroxylation sites is 2. The predicted molar refractivity (Wildman–Crippen MR) is 84.3 cm³/mol. The van der Waals surface area contributed by atoms with Crippen LogP contribution in [0.4, 0.5) is 5.69 Å². The Morgan fingerprint density at radius 1 is 1.29 bits per heavy atom. The molecule has 0 atom stereocenters. The molecular formula is C17H24N2O2. The third kappa shape index (κ3) is 3.55. The van der Waals surface area contributed by atoms with Gasteiger partial charge in [-0.15, -0.1) is 0 Å². The largest absolute Gasteiger partial charge is 0.495 e. The summed E-state index contributed by atoms with van der Waals surface area (Å²) in [7, 11) is 3.28. The summed E-state index contributed by atoms with van der Waals surface area (Å²) in [4.78, 5) is 14.4. The Hall–Kier alpha value is -2.02. The summed E-state index contributed by atoms with van der Waals surface area (Å²) in [5, 5.41) is 9.60. The molecule has 0 spiro atoms. The van der Waals surface area contributed by atoms with Crippen molar-refractivity contribution in [2.45, 2.75) is 39.5 Å². The van der Waals surface area contributed by atoms with Crippen molar-refractivity contribution in [3.63, 3.8) is 0 Å². The molecule has 1 aromatic carbocycles. The van der Waals surface area contributed by atoms with Gasteiger partial charge >= 0.3 is 0 Å². The second-order valence-electron chi connectivity index (χ2n) is 5.23. The number of nitrogens with zero attached hydrogens (tertiary/aromatic N) is 2. The van der Waals surface area contributed by atoms with Crippen LogP contribution < -0.4 is 9.64 Å². The van der Waals surface area contributed by atoms with Gasteiger partial charge in [-0.05, 0) is 25.0 Å². The zero-order valence-electron chi connectivity index (χ0n) is 13.3. The zero-order chi connectivity index (χ0) is 15.9. The van der Waals surface area contributed by atoms with Gasteiger partial charge in [0.15, 0.2) is 0 Å². The molecule has 0 radical (unpaired) electrons. The van der Waals surface area contributed by atoms with Crippen molar-refractivity contribution in [1.82, 2.24) is 0 Å². The summed E-state index contributed by atoms with van der Waals surface area (Å²) < 4.78 is 5.31. The Morgan fingerprint density at radius 3 is 2.33 bits per heavy atom. The molecule has 114 valence electrons. The SMILES string of the molecule is CCCC(C#N)(CCC)C(=O)N(C)c1ccccc1OC. The summed E-state index contributed by atoms with van der Waals surface area (Å²) in [5.74, 6) is 0.478. The molecule has 0 N–H and O–H groups in total. The third-order valence-corrected chi connectivity index (χ3v) is 3.73. The number of nitriles is 1. The lowest BCUT2D eigenvalue weighted by molar-refractivity contribution is -0.125. The lowest BCUT2D eigenvalue weighted by Crippen LogP contribution is -2.41. The number of hydrogen-bond acceptors (Lipinski definition) is 3. The van der Waals surface area contributed by atoms with E-state index < -0.39 is 5.41 Å². The van der Waals surface area contributed by atoms with Gasteiger partial charge in [0.25, 0.3) is 0 Å². The maximum atomic E-state index is 12.9. The lowest BCUT2D eigenvalue weighted by Gasteiger charge is -2.30. The molecule has 0 heterocycles. The molecular weight excluding hydrogens is 264 g/mol. The number of amides is 1. The molecule has 0 saturated heterocycles. The Morgan fingerprint density at radius 2 is 1.86 bits per heavy atom. The van der Waals surface area contributed by atoms with E-state index in [9.17, 15) is 10.1 Å². The second kappa shape index (κ2) is 7.68. The summed E-state index contributed by atoms with van der Waals surface area (Å²) in [5.41, 5.74) is -0.254. The highest BCUT2D eigenvalue weighted by molar-refractivity contribution is 6.00. The maximum Gasteiger partial charge on any atom is 0.247 e. The van der Waals surface area contributed by atoms with E-state index in [0.29, 0.717) is 24.3 Å². The van der Waals surface area contributed by atoms with Crippen LogP contribution in [0, 0.1) is 16.7 Å². The number of ether oxygens (including phenoxy) is 1. The minimum Gasteiger partial charge on any atom is -0.495 e. The molecule has 0 unspecified atom stereocenters. The number of benzene rings is 1.